The quantitative estimate of drug-likeness (QED) is 0.849. The average Bonchev–Trinajstić information content (AvgIpc) is 3.10. The first-order chi connectivity index (χ1) is 11.0. The van der Waals surface area contributed by atoms with Gasteiger partial charge in [0.2, 0.25) is 0 Å². The summed E-state index contributed by atoms with van der Waals surface area (Å²) in [6.45, 7) is 1.57. The van der Waals surface area contributed by atoms with E-state index in [2.05, 4.69) is 5.32 Å². The molecule has 120 valence electrons. The maximum Gasteiger partial charge on any atom is 0.348 e. The molecular weight excluding hydrogens is 334 g/mol. The van der Waals surface area contributed by atoms with Crippen molar-refractivity contribution in [3.8, 4) is 0 Å². The Hall–Kier alpha value is -1.85. The second-order valence-electron chi connectivity index (χ2n) is 5.50. The molecule has 1 aromatic carbocycles. The molecule has 4 nitrogen and oxygen atoms in total. The molecule has 1 amide bonds. The smallest absolute Gasteiger partial charge is 0.348 e. The highest BCUT2D eigenvalue weighted by Crippen LogP contribution is 2.30. The van der Waals surface area contributed by atoms with Crippen LogP contribution in [0.3, 0.4) is 0 Å². The van der Waals surface area contributed by atoms with Gasteiger partial charge in [0.15, 0.2) is 6.61 Å². The van der Waals surface area contributed by atoms with E-state index in [-0.39, 0.29) is 12.5 Å². The first-order valence-corrected chi connectivity index (χ1v) is 8.57. The van der Waals surface area contributed by atoms with Gasteiger partial charge in [0.25, 0.3) is 5.91 Å². The van der Waals surface area contributed by atoms with E-state index in [1.807, 2.05) is 19.1 Å². The van der Waals surface area contributed by atoms with E-state index >= 15 is 0 Å². The van der Waals surface area contributed by atoms with Crippen molar-refractivity contribution in [3.05, 3.63) is 50.2 Å². The SMILES string of the molecule is Cc1ccc(NC(=O)COC(=O)c2cc3c(s2)CCC3)cc1Cl. The summed E-state index contributed by atoms with van der Waals surface area (Å²) in [6, 6.07) is 7.12. The first kappa shape index (κ1) is 16.0. The summed E-state index contributed by atoms with van der Waals surface area (Å²) in [4.78, 5) is 25.7. The lowest BCUT2D eigenvalue weighted by Crippen LogP contribution is -2.20. The summed E-state index contributed by atoms with van der Waals surface area (Å²) in [5.41, 5.74) is 2.75. The van der Waals surface area contributed by atoms with Crippen LogP contribution in [0.25, 0.3) is 0 Å². The third kappa shape index (κ3) is 3.74. The average molecular weight is 350 g/mol. The predicted molar refractivity (Wildman–Crippen MR) is 91.4 cm³/mol. The largest absolute Gasteiger partial charge is 0.451 e. The van der Waals surface area contributed by atoms with Crippen LogP contribution in [-0.2, 0) is 22.4 Å². The second kappa shape index (κ2) is 6.72. The van der Waals surface area contributed by atoms with Gasteiger partial charge in [-0.2, -0.15) is 0 Å². The maximum absolute atomic E-state index is 12.0. The van der Waals surface area contributed by atoms with Crippen LogP contribution in [0, 0.1) is 6.92 Å². The minimum atomic E-state index is -0.443. The van der Waals surface area contributed by atoms with E-state index in [4.69, 9.17) is 16.3 Å². The lowest BCUT2D eigenvalue weighted by molar-refractivity contribution is -0.119. The van der Waals surface area contributed by atoms with E-state index in [1.54, 1.807) is 12.1 Å². The second-order valence-corrected chi connectivity index (χ2v) is 7.04. The fraction of sp³-hybridized carbons (Fsp3) is 0.294. The highest BCUT2D eigenvalue weighted by Gasteiger charge is 2.19. The molecule has 0 saturated heterocycles. The van der Waals surface area contributed by atoms with Crippen LogP contribution in [0.1, 0.15) is 32.1 Å². The molecule has 1 heterocycles. The number of aryl methyl sites for hydroxylation is 3. The number of nitrogens with one attached hydrogen (secondary N) is 1. The Labute approximate surface area is 143 Å². The van der Waals surface area contributed by atoms with Crippen molar-refractivity contribution in [3.63, 3.8) is 0 Å². The zero-order valence-corrected chi connectivity index (χ0v) is 14.2. The van der Waals surface area contributed by atoms with Gasteiger partial charge in [0.1, 0.15) is 4.88 Å². The molecule has 3 rings (SSSR count). The van der Waals surface area contributed by atoms with Crippen LogP contribution < -0.4 is 5.32 Å². The number of thiophene rings is 1. The number of carbonyl (C=O) groups is 2. The van der Waals surface area contributed by atoms with E-state index in [0.717, 1.165) is 24.8 Å². The van der Waals surface area contributed by atoms with E-state index in [0.29, 0.717) is 15.6 Å². The molecule has 1 aromatic heterocycles. The first-order valence-electron chi connectivity index (χ1n) is 7.37. The van der Waals surface area contributed by atoms with Gasteiger partial charge in [-0.1, -0.05) is 17.7 Å². The summed E-state index contributed by atoms with van der Waals surface area (Å²) in [5, 5.41) is 3.24. The number of esters is 1. The number of amides is 1. The molecule has 1 aliphatic carbocycles. The molecule has 6 heteroatoms. The number of benzene rings is 1. The van der Waals surface area contributed by atoms with Crippen molar-refractivity contribution in [2.24, 2.45) is 0 Å². The number of carbonyl (C=O) groups excluding carboxylic acids is 2. The lowest BCUT2D eigenvalue weighted by Gasteiger charge is -2.07. The third-order valence-electron chi connectivity index (χ3n) is 3.74. The Morgan fingerprint density at radius 3 is 2.87 bits per heavy atom. The summed E-state index contributed by atoms with van der Waals surface area (Å²) in [5.74, 6) is -0.830. The standard InChI is InChI=1S/C17H16ClNO3S/c1-10-5-6-12(8-13(10)18)19-16(20)9-22-17(21)15-7-11-3-2-4-14(11)23-15/h5-8H,2-4,9H2,1H3,(H,19,20). The molecule has 0 aliphatic heterocycles. The monoisotopic (exact) mass is 349 g/mol. The maximum atomic E-state index is 12.0. The molecule has 0 atom stereocenters. The van der Waals surface area contributed by atoms with Crippen molar-refractivity contribution >= 4 is 40.5 Å². The van der Waals surface area contributed by atoms with Crippen LogP contribution in [0.2, 0.25) is 5.02 Å². The number of anilines is 1. The van der Waals surface area contributed by atoms with E-state index in [1.165, 1.54) is 21.8 Å². The number of ether oxygens (including phenoxy) is 1. The van der Waals surface area contributed by atoms with Crippen molar-refractivity contribution < 1.29 is 14.3 Å². The predicted octanol–water partition coefficient (Wildman–Crippen LogP) is 3.99. The van der Waals surface area contributed by atoms with Crippen LogP contribution in [0.4, 0.5) is 5.69 Å². The normalized spacial score (nSPS) is 12.8. The summed E-state index contributed by atoms with van der Waals surface area (Å²) >= 11 is 7.47. The highest BCUT2D eigenvalue weighted by atomic mass is 35.5. The minimum Gasteiger partial charge on any atom is -0.451 e. The molecule has 2 aromatic rings. The van der Waals surface area contributed by atoms with Gasteiger partial charge in [-0.05, 0) is 55.5 Å². The Morgan fingerprint density at radius 2 is 2.13 bits per heavy atom. The molecule has 0 saturated carbocycles. The van der Waals surface area contributed by atoms with Gasteiger partial charge in [-0.15, -0.1) is 11.3 Å². The Balaban J connectivity index is 1.53. The zero-order valence-electron chi connectivity index (χ0n) is 12.6. The molecule has 0 bridgehead atoms. The molecule has 0 unspecified atom stereocenters. The van der Waals surface area contributed by atoms with Crippen molar-refractivity contribution in [1.82, 2.24) is 0 Å². The lowest BCUT2D eigenvalue weighted by atomic mass is 10.2. The number of fused-ring (bicyclic) bond motifs is 1. The molecule has 23 heavy (non-hydrogen) atoms. The topological polar surface area (TPSA) is 55.4 Å². The highest BCUT2D eigenvalue weighted by molar-refractivity contribution is 7.14. The van der Waals surface area contributed by atoms with Crippen molar-refractivity contribution in [2.45, 2.75) is 26.2 Å². The van der Waals surface area contributed by atoms with Crippen LogP contribution in [0.5, 0.6) is 0 Å². The van der Waals surface area contributed by atoms with Gasteiger partial charge >= 0.3 is 5.97 Å². The molecular formula is C17H16ClNO3S. The Morgan fingerprint density at radius 1 is 1.30 bits per heavy atom. The molecule has 0 radical (unpaired) electrons. The van der Waals surface area contributed by atoms with E-state index in [9.17, 15) is 9.59 Å². The summed E-state index contributed by atoms with van der Waals surface area (Å²) in [7, 11) is 0. The van der Waals surface area contributed by atoms with Gasteiger partial charge in [-0.25, -0.2) is 4.79 Å². The van der Waals surface area contributed by atoms with Gasteiger partial charge < -0.3 is 10.1 Å². The van der Waals surface area contributed by atoms with Crippen molar-refractivity contribution in [2.75, 3.05) is 11.9 Å². The molecule has 0 spiro atoms. The number of rotatable bonds is 4. The summed E-state index contributed by atoms with van der Waals surface area (Å²) < 4.78 is 5.08. The summed E-state index contributed by atoms with van der Waals surface area (Å²) in [6.07, 6.45) is 3.20. The molecule has 0 fully saturated rings. The van der Waals surface area contributed by atoms with E-state index < -0.39 is 5.97 Å². The number of hydrogen-bond donors (Lipinski definition) is 1. The van der Waals surface area contributed by atoms with Gasteiger partial charge in [-0.3, -0.25) is 4.79 Å². The molecule has 1 N–H and O–H groups in total. The molecule has 1 aliphatic rings. The fourth-order valence-electron chi connectivity index (χ4n) is 2.50. The Kier molecular flexibility index (Phi) is 4.68. The zero-order chi connectivity index (χ0) is 16.4. The van der Waals surface area contributed by atoms with Crippen LogP contribution >= 0.6 is 22.9 Å². The number of halogens is 1. The van der Waals surface area contributed by atoms with Crippen LogP contribution in [0.15, 0.2) is 24.3 Å². The Bertz CT molecular complexity index is 748. The van der Waals surface area contributed by atoms with Gasteiger partial charge in [0, 0.05) is 15.6 Å². The third-order valence-corrected chi connectivity index (χ3v) is 5.36. The number of hydrogen-bond acceptors (Lipinski definition) is 4. The fourth-order valence-corrected chi connectivity index (χ4v) is 3.83. The van der Waals surface area contributed by atoms with Gasteiger partial charge in [0.05, 0.1) is 0 Å². The van der Waals surface area contributed by atoms with Crippen molar-refractivity contribution in [1.29, 1.82) is 0 Å². The van der Waals surface area contributed by atoms with Crippen LogP contribution in [-0.4, -0.2) is 18.5 Å². The minimum absolute atomic E-state index is 0.313.